The molecule has 0 atom stereocenters. The lowest BCUT2D eigenvalue weighted by molar-refractivity contribution is 0.0663. The average molecular weight is 451 g/mol. The first kappa shape index (κ1) is 21.2. The van der Waals surface area contributed by atoms with E-state index in [9.17, 15) is 4.79 Å². The van der Waals surface area contributed by atoms with Gasteiger partial charge in [0, 0.05) is 16.6 Å². The number of aromatic nitrogens is 2. The number of carboxylic acid groups (broad SMARTS) is 1. The minimum atomic E-state index is -1.11. The summed E-state index contributed by atoms with van der Waals surface area (Å²) in [5.74, 6) is 0.697. The highest BCUT2D eigenvalue weighted by Gasteiger charge is 2.13. The first-order valence-electron chi connectivity index (χ1n) is 10.7. The molecular weight excluding hydrogens is 430 g/mol. The number of anilines is 2. The van der Waals surface area contributed by atoms with E-state index < -0.39 is 5.97 Å². The normalized spacial score (nSPS) is 10.9. The second kappa shape index (κ2) is 9.07. The van der Waals surface area contributed by atoms with Crippen molar-refractivity contribution >= 4 is 28.4 Å². The van der Waals surface area contributed by atoms with Crippen molar-refractivity contribution in [2.45, 2.75) is 13.5 Å². The molecule has 5 rings (SSSR count). The molecule has 2 heterocycles. The number of furan rings is 1. The third-order valence-corrected chi connectivity index (χ3v) is 5.41. The van der Waals surface area contributed by atoms with Crippen LogP contribution in [-0.2, 0) is 6.61 Å². The number of hydrogen-bond donors (Lipinski definition) is 2. The Labute approximate surface area is 195 Å². The number of ether oxygens (including phenoxy) is 1. The number of benzene rings is 3. The molecule has 0 saturated carbocycles. The Bertz CT molecular complexity index is 1480. The molecule has 0 unspecified atom stereocenters. The van der Waals surface area contributed by atoms with E-state index in [1.807, 2.05) is 73.7 Å². The number of nitrogens with one attached hydrogen (secondary N) is 1. The van der Waals surface area contributed by atoms with Crippen molar-refractivity contribution in [2.75, 3.05) is 5.32 Å². The molecular formula is C27H21N3O4. The molecule has 7 heteroatoms. The zero-order valence-corrected chi connectivity index (χ0v) is 18.4. The molecule has 3 aromatic carbocycles. The summed E-state index contributed by atoms with van der Waals surface area (Å²) in [6.45, 7) is 2.50. The number of fused-ring (bicyclic) bond motifs is 1. The lowest BCUT2D eigenvalue weighted by atomic mass is 10.1. The van der Waals surface area contributed by atoms with Crippen molar-refractivity contribution in [3.8, 4) is 17.1 Å². The number of aromatic carboxylic acids is 1. The minimum absolute atomic E-state index is 0.109. The van der Waals surface area contributed by atoms with Crippen LogP contribution in [0.25, 0.3) is 22.2 Å². The van der Waals surface area contributed by atoms with Crippen LogP contribution in [0.4, 0.5) is 11.5 Å². The van der Waals surface area contributed by atoms with Gasteiger partial charge in [-0.1, -0.05) is 30.3 Å². The van der Waals surface area contributed by atoms with Crippen LogP contribution in [0, 0.1) is 6.92 Å². The summed E-state index contributed by atoms with van der Waals surface area (Å²) in [6, 6.07) is 24.6. The average Bonchev–Trinajstić information content (AvgIpc) is 3.35. The van der Waals surface area contributed by atoms with Crippen LogP contribution in [-0.4, -0.2) is 21.0 Å². The number of aryl methyl sites for hydroxylation is 1. The van der Waals surface area contributed by atoms with E-state index in [1.54, 1.807) is 6.07 Å². The van der Waals surface area contributed by atoms with Gasteiger partial charge < -0.3 is 19.6 Å². The number of carbonyl (C=O) groups is 1. The lowest BCUT2D eigenvalue weighted by Crippen LogP contribution is -1.99. The van der Waals surface area contributed by atoms with Gasteiger partial charge in [0.05, 0.1) is 5.52 Å². The van der Waals surface area contributed by atoms with Gasteiger partial charge in [-0.3, -0.25) is 0 Å². The number of rotatable bonds is 7. The van der Waals surface area contributed by atoms with Crippen molar-refractivity contribution in [1.29, 1.82) is 0 Å². The zero-order chi connectivity index (χ0) is 23.5. The van der Waals surface area contributed by atoms with E-state index in [0.717, 1.165) is 39.0 Å². The van der Waals surface area contributed by atoms with Crippen molar-refractivity contribution < 1.29 is 19.1 Å². The molecule has 0 bridgehead atoms. The summed E-state index contributed by atoms with van der Waals surface area (Å²) in [6.07, 6.45) is 1.50. The number of hydrogen-bond acceptors (Lipinski definition) is 6. The van der Waals surface area contributed by atoms with Crippen molar-refractivity contribution in [1.82, 2.24) is 9.97 Å². The molecule has 0 amide bonds. The Morgan fingerprint density at radius 2 is 1.85 bits per heavy atom. The second-order valence-electron chi connectivity index (χ2n) is 7.80. The summed E-state index contributed by atoms with van der Waals surface area (Å²) in [5, 5.41) is 13.3. The van der Waals surface area contributed by atoms with Gasteiger partial charge in [0.2, 0.25) is 5.76 Å². The van der Waals surface area contributed by atoms with Gasteiger partial charge in [-0.25, -0.2) is 14.8 Å². The summed E-state index contributed by atoms with van der Waals surface area (Å²) in [4.78, 5) is 19.9. The first-order chi connectivity index (χ1) is 16.6. The zero-order valence-electron chi connectivity index (χ0n) is 18.4. The number of nitrogens with zero attached hydrogens (tertiary/aromatic N) is 2. The van der Waals surface area contributed by atoms with Crippen molar-refractivity contribution in [3.63, 3.8) is 0 Å². The monoisotopic (exact) mass is 451 g/mol. The molecule has 5 aromatic rings. The Morgan fingerprint density at radius 3 is 2.62 bits per heavy atom. The van der Waals surface area contributed by atoms with E-state index in [4.69, 9.17) is 14.3 Å². The molecule has 7 nitrogen and oxygen atoms in total. The molecule has 2 N–H and O–H groups in total. The standard InChI is InChI=1S/C27H21N3O4/c1-17-13-20(8-10-23(17)33-15-18-5-3-2-4-6-18)30-26-21-14-19(7-9-22(21)28-16-29-26)24-11-12-25(34-24)27(31)32/h2-14,16H,15H2,1H3,(H,31,32)(H,28,29,30). The smallest absolute Gasteiger partial charge is 0.371 e. The second-order valence-corrected chi connectivity index (χ2v) is 7.80. The van der Waals surface area contributed by atoms with Gasteiger partial charge in [0.25, 0.3) is 0 Å². The molecule has 0 saturated heterocycles. The molecule has 0 spiro atoms. The highest BCUT2D eigenvalue weighted by atomic mass is 16.5. The van der Waals surface area contributed by atoms with Gasteiger partial charge in [-0.2, -0.15) is 0 Å². The van der Waals surface area contributed by atoms with E-state index in [2.05, 4.69) is 15.3 Å². The third-order valence-electron chi connectivity index (χ3n) is 5.41. The van der Waals surface area contributed by atoms with E-state index in [0.29, 0.717) is 18.2 Å². The lowest BCUT2D eigenvalue weighted by Gasteiger charge is -2.13. The fourth-order valence-electron chi connectivity index (χ4n) is 3.68. The van der Waals surface area contributed by atoms with Crippen molar-refractivity contribution in [2.24, 2.45) is 0 Å². The Balaban J connectivity index is 1.39. The molecule has 0 aliphatic heterocycles. The Kier molecular flexibility index (Phi) is 5.66. The molecule has 0 fully saturated rings. The van der Waals surface area contributed by atoms with E-state index in [1.165, 1.54) is 12.4 Å². The third kappa shape index (κ3) is 4.45. The molecule has 0 aliphatic carbocycles. The van der Waals surface area contributed by atoms with E-state index >= 15 is 0 Å². The van der Waals surface area contributed by atoms with Gasteiger partial charge in [-0.05, 0) is 66.6 Å². The van der Waals surface area contributed by atoms with Crippen LogP contribution in [0.1, 0.15) is 21.7 Å². The quantitative estimate of drug-likeness (QED) is 0.303. The summed E-state index contributed by atoms with van der Waals surface area (Å²) >= 11 is 0. The van der Waals surface area contributed by atoms with Gasteiger partial charge >= 0.3 is 5.97 Å². The van der Waals surface area contributed by atoms with Crippen LogP contribution < -0.4 is 10.1 Å². The van der Waals surface area contributed by atoms with Crippen LogP contribution >= 0.6 is 0 Å². The number of carboxylic acids is 1. The first-order valence-corrected chi connectivity index (χ1v) is 10.7. The maximum Gasteiger partial charge on any atom is 0.371 e. The maximum atomic E-state index is 11.1. The topological polar surface area (TPSA) is 97.5 Å². The SMILES string of the molecule is Cc1cc(Nc2ncnc3ccc(-c4ccc(C(=O)O)o4)cc23)ccc1OCc1ccccc1. The predicted octanol–water partition coefficient (Wildman–Crippen LogP) is 6.22. The van der Waals surface area contributed by atoms with Crippen LogP contribution in [0.15, 0.2) is 89.6 Å². The Morgan fingerprint density at radius 1 is 1.00 bits per heavy atom. The summed E-state index contributed by atoms with van der Waals surface area (Å²) in [7, 11) is 0. The molecule has 168 valence electrons. The molecule has 0 aliphatic rings. The van der Waals surface area contributed by atoms with Crippen LogP contribution in [0.3, 0.4) is 0 Å². The summed E-state index contributed by atoms with van der Waals surface area (Å²) < 4.78 is 11.4. The molecule has 0 radical (unpaired) electrons. The van der Waals surface area contributed by atoms with Crippen LogP contribution in [0.5, 0.6) is 5.75 Å². The largest absolute Gasteiger partial charge is 0.489 e. The van der Waals surface area contributed by atoms with Gasteiger partial charge in [-0.15, -0.1) is 0 Å². The van der Waals surface area contributed by atoms with Gasteiger partial charge in [0.15, 0.2) is 0 Å². The highest BCUT2D eigenvalue weighted by molar-refractivity contribution is 5.93. The van der Waals surface area contributed by atoms with Crippen LogP contribution in [0.2, 0.25) is 0 Å². The summed E-state index contributed by atoms with van der Waals surface area (Å²) in [5.41, 5.74) is 4.46. The predicted molar refractivity (Wildman–Crippen MR) is 129 cm³/mol. The van der Waals surface area contributed by atoms with Crippen molar-refractivity contribution in [3.05, 3.63) is 102 Å². The minimum Gasteiger partial charge on any atom is -0.489 e. The fourth-order valence-corrected chi connectivity index (χ4v) is 3.68. The highest BCUT2D eigenvalue weighted by Crippen LogP contribution is 2.31. The maximum absolute atomic E-state index is 11.1. The molecule has 34 heavy (non-hydrogen) atoms. The van der Waals surface area contributed by atoms with E-state index in [-0.39, 0.29) is 5.76 Å². The van der Waals surface area contributed by atoms with Gasteiger partial charge in [0.1, 0.15) is 30.3 Å². The Hall–Kier alpha value is -4.65. The fraction of sp³-hybridized carbons (Fsp3) is 0.0741. The molecule has 2 aromatic heterocycles.